The first-order chi connectivity index (χ1) is 11.0. The van der Waals surface area contributed by atoms with Gasteiger partial charge in [-0.3, -0.25) is 4.79 Å². The number of hydrogen-bond donors (Lipinski definition) is 1. The van der Waals surface area contributed by atoms with E-state index in [0.29, 0.717) is 11.6 Å². The lowest BCUT2D eigenvalue weighted by Gasteiger charge is -2.03. The monoisotopic (exact) mass is 342 g/mol. The van der Waals surface area contributed by atoms with Gasteiger partial charge < -0.3 is 5.32 Å². The van der Waals surface area contributed by atoms with Crippen LogP contribution in [0.4, 0.5) is 5.13 Å². The molecule has 0 bridgehead atoms. The van der Waals surface area contributed by atoms with E-state index in [4.69, 9.17) is 0 Å². The third kappa shape index (κ3) is 3.74. The normalized spacial score (nSPS) is 10.9. The molecule has 3 nitrogen and oxygen atoms in total. The molecule has 0 aliphatic rings. The van der Waals surface area contributed by atoms with Crippen molar-refractivity contribution in [1.29, 1.82) is 0 Å². The number of anilines is 1. The highest BCUT2D eigenvalue weighted by Gasteiger charge is 2.10. The van der Waals surface area contributed by atoms with Crippen LogP contribution in [-0.2, 0) is 11.2 Å². The molecule has 0 fully saturated rings. The maximum atomic E-state index is 12.2. The molecule has 1 N–H and O–H groups in total. The first-order valence-corrected chi connectivity index (χ1v) is 9.40. The van der Waals surface area contributed by atoms with Crippen molar-refractivity contribution in [3.63, 3.8) is 0 Å². The number of nitrogens with zero attached hydrogens (tertiary/aromatic N) is 1. The van der Waals surface area contributed by atoms with E-state index in [1.54, 1.807) is 11.8 Å². The molecule has 0 saturated carbocycles. The number of carbonyl (C=O) groups excluding carboxylic acids is 1. The van der Waals surface area contributed by atoms with Gasteiger partial charge in [-0.15, -0.1) is 11.8 Å². The molecule has 5 heteroatoms. The summed E-state index contributed by atoms with van der Waals surface area (Å²) in [6.45, 7) is 4.13. The highest BCUT2D eigenvalue weighted by Crippen LogP contribution is 2.29. The minimum atomic E-state index is -0.0321. The third-order valence-corrected chi connectivity index (χ3v) is 5.46. The quantitative estimate of drug-likeness (QED) is 0.691. The molecule has 0 spiro atoms. The van der Waals surface area contributed by atoms with Gasteiger partial charge in [0.15, 0.2) is 5.13 Å². The van der Waals surface area contributed by atoms with Gasteiger partial charge in [0.05, 0.1) is 16.6 Å². The largest absolute Gasteiger partial charge is 0.302 e. The van der Waals surface area contributed by atoms with Crippen LogP contribution >= 0.6 is 23.1 Å². The highest BCUT2D eigenvalue weighted by atomic mass is 32.2. The number of fused-ring (bicyclic) bond motifs is 1. The second-order valence-electron chi connectivity index (χ2n) is 5.52. The van der Waals surface area contributed by atoms with Crippen molar-refractivity contribution in [2.75, 3.05) is 11.6 Å². The second-order valence-corrected chi connectivity index (χ2v) is 7.40. The Kier molecular flexibility index (Phi) is 4.68. The predicted octanol–water partition coefficient (Wildman–Crippen LogP) is 4.82. The molecule has 1 amide bonds. The SMILES string of the molecule is CSc1ccc(CC(=O)Nc2nc3cc(C)cc(C)c3s2)cc1. The Hall–Kier alpha value is -1.85. The molecule has 23 heavy (non-hydrogen) atoms. The number of hydrogen-bond acceptors (Lipinski definition) is 4. The smallest absolute Gasteiger partial charge is 0.230 e. The van der Waals surface area contributed by atoms with E-state index < -0.39 is 0 Å². The van der Waals surface area contributed by atoms with Crippen molar-refractivity contribution in [1.82, 2.24) is 4.98 Å². The van der Waals surface area contributed by atoms with Crippen LogP contribution in [0.3, 0.4) is 0 Å². The third-order valence-electron chi connectivity index (χ3n) is 3.59. The summed E-state index contributed by atoms with van der Waals surface area (Å²) in [4.78, 5) is 17.9. The van der Waals surface area contributed by atoms with Crippen LogP contribution in [0.5, 0.6) is 0 Å². The van der Waals surface area contributed by atoms with Gasteiger partial charge in [0.1, 0.15) is 0 Å². The summed E-state index contributed by atoms with van der Waals surface area (Å²) >= 11 is 3.23. The maximum absolute atomic E-state index is 12.2. The average Bonchev–Trinajstić information content (AvgIpc) is 2.90. The molecule has 1 aromatic heterocycles. The summed E-state index contributed by atoms with van der Waals surface area (Å²) in [5, 5.41) is 3.58. The lowest BCUT2D eigenvalue weighted by atomic mass is 10.1. The number of nitrogens with one attached hydrogen (secondary N) is 1. The molecular formula is C18H18N2OS2. The second kappa shape index (κ2) is 6.72. The van der Waals surface area contributed by atoms with Gasteiger partial charge >= 0.3 is 0 Å². The van der Waals surface area contributed by atoms with Gasteiger partial charge in [-0.1, -0.05) is 29.5 Å². The van der Waals surface area contributed by atoms with Crippen LogP contribution in [-0.4, -0.2) is 17.1 Å². The topological polar surface area (TPSA) is 42.0 Å². The van der Waals surface area contributed by atoms with Gasteiger partial charge in [-0.2, -0.15) is 0 Å². The molecular weight excluding hydrogens is 324 g/mol. The van der Waals surface area contributed by atoms with Crippen molar-refractivity contribution in [3.05, 3.63) is 53.1 Å². The average molecular weight is 342 g/mol. The van der Waals surface area contributed by atoms with Crippen molar-refractivity contribution in [2.24, 2.45) is 0 Å². The minimum Gasteiger partial charge on any atom is -0.302 e. The molecule has 0 aliphatic carbocycles. The highest BCUT2D eigenvalue weighted by molar-refractivity contribution is 7.98. The number of thioether (sulfide) groups is 1. The van der Waals surface area contributed by atoms with Gasteiger partial charge in [0.25, 0.3) is 0 Å². The van der Waals surface area contributed by atoms with Crippen LogP contribution in [0.15, 0.2) is 41.3 Å². The fourth-order valence-electron chi connectivity index (χ4n) is 2.52. The molecule has 2 aromatic carbocycles. The summed E-state index contributed by atoms with van der Waals surface area (Å²) in [6.07, 6.45) is 2.40. The maximum Gasteiger partial charge on any atom is 0.230 e. The van der Waals surface area contributed by atoms with Crippen molar-refractivity contribution in [3.8, 4) is 0 Å². The predicted molar refractivity (Wildman–Crippen MR) is 99.7 cm³/mol. The zero-order valence-electron chi connectivity index (χ0n) is 13.3. The Bertz CT molecular complexity index is 853. The number of aryl methyl sites for hydroxylation is 2. The van der Waals surface area contributed by atoms with E-state index in [1.165, 1.54) is 27.4 Å². The summed E-state index contributed by atoms with van der Waals surface area (Å²) in [6, 6.07) is 12.3. The zero-order valence-corrected chi connectivity index (χ0v) is 15.0. The van der Waals surface area contributed by atoms with E-state index in [9.17, 15) is 4.79 Å². The lowest BCUT2D eigenvalue weighted by molar-refractivity contribution is -0.115. The van der Waals surface area contributed by atoms with Crippen molar-refractivity contribution in [2.45, 2.75) is 25.2 Å². The minimum absolute atomic E-state index is 0.0321. The summed E-state index contributed by atoms with van der Waals surface area (Å²) < 4.78 is 1.13. The molecule has 0 unspecified atom stereocenters. The molecule has 118 valence electrons. The van der Waals surface area contributed by atoms with E-state index in [2.05, 4.69) is 36.3 Å². The van der Waals surface area contributed by atoms with Crippen LogP contribution in [0.25, 0.3) is 10.2 Å². The van der Waals surface area contributed by atoms with Crippen molar-refractivity contribution < 1.29 is 4.79 Å². The molecule has 0 radical (unpaired) electrons. The van der Waals surface area contributed by atoms with Crippen molar-refractivity contribution >= 4 is 44.4 Å². The van der Waals surface area contributed by atoms with Crippen LogP contribution in [0.1, 0.15) is 16.7 Å². The molecule has 0 atom stereocenters. The number of thiazole rings is 1. The fraction of sp³-hybridized carbons (Fsp3) is 0.222. The van der Waals surface area contributed by atoms with Gasteiger partial charge in [-0.25, -0.2) is 4.98 Å². The van der Waals surface area contributed by atoms with E-state index in [-0.39, 0.29) is 5.91 Å². The molecule has 0 saturated heterocycles. The molecule has 3 aromatic rings. The Morgan fingerprint density at radius 1 is 1.22 bits per heavy atom. The number of aromatic nitrogens is 1. The Morgan fingerprint density at radius 2 is 1.96 bits per heavy atom. The molecule has 0 aliphatic heterocycles. The number of amides is 1. The first kappa shape index (κ1) is 16.0. The van der Waals surface area contributed by atoms with Crippen LogP contribution < -0.4 is 5.32 Å². The Labute approximate surface area is 144 Å². The number of carbonyl (C=O) groups is 1. The van der Waals surface area contributed by atoms with E-state index in [0.717, 1.165) is 15.8 Å². The lowest BCUT2D eigenvalue weighted by Crippen LogP contribution is -2.14. The molecule has 1 heterocycles. The summed E-state index contributed by atoms with van der Waals surface area (Å²) in [5.41, 5.74) is 4.35. The number of rotatable bonds is 4. The standard InChI is InChI=1S/C18H18N2OS2/c1-11-8-12(2)17-15(9-11)19-18(23-17)20-16(21)10-13-4-6-14(22-3)7-5-13/h4-9H,10H2,1-3H3,(H,19,20,21). The fourth-order valence-corrected chi connectivity index (χ4v) is 3.86. The van der Waals surface area contributed by atoms with E-state index in [1.807, 2.05) is 30.5 Å². The van der Waals surface area contributed by atoms with Gasteiger partial charge in [-0.05, 0) is 55.0 Å². The van der Waals surface area contributed by atoms with Crippen LogP contribution in [0, 0.1) is 13.8 Å². The molecule has 3 rings (SSSR count). The summed E-state index contributed by atoms with van der Waals surface area (Å²) in [5.74, 6) is -0.0321. The Balaban J connectivity index is 1.73. The number of benzene rings is 2. The van der Waals surface area contributed by atoms with Gasteiger partial charge in [0, 0.05) is 4.90 Å². The van der Waals surface area contributed by atoms with Gasteiger partial charge in [0.2, 0.25) is 5.91 Å². The first-order valence-electron chi connectivity index (χ1n) is 7.36. The van der Waals surface area contributed by atoms with E-state index >= 15 is 0 Å². The zero-order chi connectivity index (χ0) is 16.4. The summed E-state index contributed by atoms with van der Waals surface area (Å²) in [7, 11) is 0. The van der Waals surface area contributed by atoms with Crippen LogP contribution in [0.2, 0.25) is 0 Å². The Morgan fingerprint density at radius 3 is 2.65 bits per heavy atom.